The summed E-state index contributed by atoms with van der Waals surface area (Å²) in [5.74, 6) is 0. The molecule has 2 N–H and O–H groups in total. The second-order valence-corrected chi connectivity index (χ2v) is 4.78. The first-order valence-electron chi connectivity index (χ1n) is 6.57. The zero-order valence-corrected chi connectivity index (χ0v) is 11.6. The summed E-state index contributed by atoms with van der Waals surface area (Å²) in [7, 11) is 1.95. The Morgan fingerprint density at radius 3 is 2.67 bits per heavy atom. The van der Waals surface area contributed by atoms with Crippen LogP contribution in [-0.4, -0.2) is 12.0 Å². The van der Waals surface area contributed by atoms with Gasteiger partial charge in [0.05, 0.1) is 11.3 Å². The van der Waals surface area contributed by atoms with Crippen LogP contribution in [0.1, 0.15) is 5.56 Å². The number of rotatable bonds is 2. The van der Waals surface area contributed by atoms with Crippen LogP contribution in [0.3, 0.4) is 0 Å². The quantitative estimate of drug-likeness (QED) is 0.727. The molecule has 2 aromatic carbocycles. The fourth-order valence-corrected chi connectivity index (χ4v) is 2.48. The van der Waals surface area contributed by atoms with Crippen molar-refractivity contribution in [2.45, 2.75) is 0 Å². The van der Waals surface area contributed by atoms with Gasteiger partial charge in [-0.05, 0) is 30.3 Å². The molecule has 0 aliphatic rings. The third-order valence-corrected chi connectivity index (χ3v) is 3.58. The SMILES string of the molecule is CN(c1ccccc1C#N)c1ccc(N)c2cnccc12. The van der Waals surface area contributed by atoms with Crippen LogP contribution in [0.4, 0.5) is 17.1 Å². The summed E-state index contributed by atoms with van der Waals surface area (Å²) >= 11 is 0. The molecule has 0 aliphatic heterocycles. The third-order valence-electron chi connectivity index (χ3n) is 3.58. The Labute approximate surface area is 123 Å². The Morgan fingerprint density at radius 1 is 1.05 bits per heavy atom. The van der Waals surface area contributed by atoms with Crippen LogP contribution in [0.15, 0.2) is 54.9 Å². The van der Waals surface area contributed by atoms with Crippen molar-refractivity contribution in [2.75, 3.05) is 17.7 Å². The predicted molar refractivity (Wildman–Crippen MR) is 85.4 cm³/mol. The second-order valence-electron chi connectivity index (χ2n) is 4.78. The van der Waals surface area contributed by atoms with Gasteiger partial charge in [-0.3, -0.25) is 4.98 Å². The van der Waals surface area contributed by atoms with E-state index in [9.17, 15) is 5.26 Å². The predicted octanol–water partition coefficient (Wildman–Crippen LogP) is 3.46. The minimum Gasteiger partial charge on any atom is -0.398 e. The standard InChI is InChI=1S/C17H14N4/c1-21(16-5-3-2-4-12(16)10-18)17-7-6-15(19)14-11-20-9-8-13(14)17/h2-9,11H,19H2,1H3. The Bertz CT molecular complexity index is 849. The molecular formula is C17H14N4. The van der Waals surface area contributed by atoms with E-state index in [2.05, 4.69) is 11.1 Å². The number of hydrogen-bond acceptors (Lipinski definition) is 4. The fraction of sp³-hybridized carbons (Fsp3) is 0.0588. The first-order chi connectivity index (χ1) is 10.2. The normalized spacial score (nSPS) is 10.3. The summed E-state index contributed by atoms with van der Waals surface area (Å²) in [6.45, 7) is 0. The number of para-hydroxylation sites is 1. The van der Waals surface area contributed by atoms with Gasteiger partial charge in [0, 0.05) is 41.6 Å². The highest BCUT2D eigenvalue weighted by molar-refractivity contribution is 6.02. The number of hydrogen-bond donors (Lipinski definition) is 1. The van der Waals surface area contributed by atoms with Gasteiger partial charge in [0.15, 0.2) is 0 Å². The Balaban J connectivity index is 2.21. The van der Waals surface area contributed by atoms with Crippen molar-refractivity contribution in [3.05, 3.63) is 60.4 Å². The van der Waals surface area contributed by atoms with Crippen molar-refractivity contribution in [2.24, 2.45) is 0 Å². The minimum absolute atomic E-state index is 0.638. The lowest BCUT2D eigenvalue weighted by molar-refractivity contribution is 1.21. The molecule has 1 heterocycles. The monoisotopic (exact) mass is 274 g/mol. The lowest BCUT2D eigenvalue weighted by Crippen LogP contribution is -2.11. The average molecular weight is 274 g/mol. The molecule has 0 saturated heterocycles. The number of benzene rings is 2. The molecule has 0 spiro atoms. The van der Waals surface area contributed by atoms with Crippen molar-refractivity contribution < 1.29 is 0 Å². The number of nitrogens with two attached hydrogens (primary N) is 1. The maximum atomic E-state index is 9.26. The van der Waals surface area contributed by atoms with E-state index in [0.29, 0.717) is 11.3 Å². The summed E-state index contributed by atoms with van der Waals surface area (Å²) in [5, 5.41) is 11.2. The van der Waals surface area contributed by atoms with E-state index < -0.39 is 0 Å². The van der Waals surface area contributed by atoms with Gasteiger partial charge in [0.2, 0.25) is 0 Å². The number of fused-ring (bicyclic) bond motifs is 1. The molecule has 0 radical (unpaired) electrons. The van der Waals surface area contributed by atoms with Crippen molar-refractivity contribution in [1.29, 1.82) is 5.26 Å². The average Bonchev–Trinajstić information content (AvgIpc) is 2.55. The van der Waals surface area contributed by atoms with Crippen LogP contribution >= 0.6 is 0 Å². The summed E-state index contributed by atoms with van der Waals surface area (Å²) in [4.78, 5) is 6.13. The van der Waals surface area contributed by atoms with Crippen LogP contribution in [0.5, 0.6) is 0 Å². The Hall–Kier alpha value is -3.06. The summed E-state index contributed by atoms with van der Waals surface area (Å²) in [6.07, 6.45) is 3.51. The molecule has 0 atom stereocenters. The van der Waals surface area contributed by atoms with E-state index in [0.717, 1.165) is 22.1 Å². The number of nitrogen functional groups attached to an aromatic ring is 1. The number of pyridine rings is 1. The Kier molecular flexibility index (Phi) is 3.17. The van der Waals surface area contributed by atoms with Crippen LogP contribution in [0.25, 0.3) is 10.8 Å². The highest BCUT2D eigenvalue weighted by Gasteiger charge is 2.12. The van der Waals surface area contributed by atoms with Crippen molar-refractivity contribution in [3.8, 4) is 6.07 Å². The first kappa shape index (κ1) is 12.9. The van der Waals surface area contributed by atoms with E-state index in [1.165, 1.54) is 0 Å². The number of nitrogens with zero attached hydrogens (tertiary/aromatic N) is 3. The maximum Gasteiger partial charge on any atom is 0.101 e. The Morgan fingerprint density at radius 2 is 1.86 bits per heavy atom. The van der Waals surface area contributed by atoms with E-state index in [1.54, 1.807) is 12.4 Å². The van der Waals surface area contributed by atoms with Crippen LogP contribution < -0.4 is 10.6 Å². The molecular weight excluding hydrogens is 260 g/mol. The highest BCUT2D eigenvalue weighted by atomic mass is 15.1. The summed E-state index contributed by atoms with van der Waals surface area (Å²) in [5.41, 5.74) is 9.20. The van der Waals surface area contributed by atoms with Crippen LogP contribution in [-0.2, 0) is 0 Å². The van der Waals surface area contributed by atoms with Crippen molar-refractivity contribution >= 4 is 27.8 Å². The summed E-state index contributed by atoms with van der Waals surface area (Å²) < 4.78 is 0. The molecule has 0 fully saturated rings. The minimum atomic E-state index is 0.638. The maximum absolute atomic E-state index is 9.26. The van der Waals surface area contributed by atoms with Gasteiger partial charge < -0.3 is 10.6 Å². The highest BCUT2D eigenvalue weighted by Crippen LogP contribution is 2.34. The van der Waals surface area contributed by atoms with E-state index in [4.69, 9.17) is 5.73 Å². The largest absolute Gasteiger partial charge is 0.398 e. The molecule has 3 aromatic rings. The van der Waals surface area contributed by atoms with Gasteiger partial charge in [0.25, 0.3) is 0 Å². The smallest absolute Gasteiger partial charge is 0.101 e. The van der Waals surface area contributed by atoms with Crippen LogP contribution in [0.2, 0.25) is 0 Å². The molecule has 0 aliphatic carbocycles. The van der Waals surface area contributed by atoms with Gasteiger partial charge in [-0.1, -0.05) is 12.1 Å². The molecule has 1 aromatic heterocycles. The molecule has 4 nitrogen and oxygen atoms in total. The second kappa shape index (κ2) is 5.14. The molecule has 4 heteroatoms. The van der Waals surface area contributed by atoms with Gasteiger partial charge in [-0.15, -0.1) is 0 Å². The first-order valence-corrected chi connectivity index (χ1v) is 6.57. The molecule has 0 amide bonds. The number of nitriles is 1. The van der Waals surface area contributed by atoms with Gasteiger partial charge in [0.1, 0.15) is 6.07 Å². The lowest BCUT2D eigenvalue weighted by Gasteiger charge is -2.22. The van der Waals surface area contributed by atoms with Crippen molar-refractivity contribution in [3.63, 3.8) is 0 Å². The van der Waals surface area contributed by atoms with E-state index >= 15 is 0 Å². The number of aromatic nitrogens is 1. The third kappa shape index (κ3) is 2.15. The zero-order valence-electron chi connectivity index (χ0n) is 11.6. The molecule has 0 unspecified atom stereocenters. The fourth-order valence-electron chi connectivity index (χ4n) is 2.48. The molecule has 3 rings (SSSR count). The van der Waals surface area contributed by atoms with Gasteiger partial charge in [-0.25, -0.2) is 0 Å². The van der Waals surface area contributed by atoms with Crippen molar-refractivity contribution in [1.82, 2.24) is 4.98 Å². The van der Waals surface area contributed by atoms with Gasteiger partial charge in [-0.2, -0.15) is 5.26 Å². The molecule has 0 saturated carbocycles. The molecule has 0 bridgehead atoms. The molecule has 21 heavy (non-hydrogen) atoms. The van der Waals surface area contributed by atoms with Crippen LogP contribution in [0, 0.1) is 11.3 Å². The van der Waals surface area contributed by atoms with E-state index in [-0.39, 0.29) is 0 Å². The lowest BCUT2D eigenvalue weighted by atomic mass is 10.1. The topological polar surface area (TPSA) is 65.9 Å². The number of anilines is 3. The summed E-state index contributed by atoms with van der Waals surface area (Å²) in [6, 6.07) is 15.5. The zero-order chi connectivity index (χ0) is 14.8. The molecule has 102 valence electrons. The van der Waals surface area contributed by atoms with Gasteiger partial charge >= 0.3 is 0 Å². The van der Waals surface area contributed by atoms with E-state index in [1.807, 2.05) is 54.4 Å².